The summed E-state index contributed by atoms with van der Waals surface area (Å²) in [6.45, 7) is 15.0. The molecule has 1 fully saturated rings. The van der Waals surface area contributed by atoms with Crippen LogP contribution in [0, 0.1) is 5.82 Å². The molecule has 0 spiro atoms. The number of rotatable bonds is 4. The third-order valence-electron chi connectivity index (χ3n) is 5.53. The molecule has 0 radical (unpaired) electrons. The molecule has 2 aliphatic heterocycles. The Hall–Kier alpha value is -2.83. The van der Waals surface area contributed by atoms with Crippen LogP contribution in [0.5, 0.6) is 11.5 Å². The van der Waals surface area contributed by atoms with Crippen LogP contribution in [0.4, 0.5) is 4.39 Å². The predicted octanol–water partition coefficient (Wildman–Crippen LogP) is 7.15. The van der Waals surface area contributed by atoms with Crippen LogP contribution in [0.3, 0.4) is 0 Å². The Kier molecular flexibility index (Phi) is 10.8. The molecule has 0 aromatic heterocycles. The van der Waals surface area contributed by atoms with Crippen molar-refractivity contribution in [3.8, 4) is 11.5 Å². The summed E-state index contributed by atoms with van der Waals surface area (Å²) >= 11 is 6.02. The summed E-state index contributed by atoms with van der Waals surface area (Å²) in [5.74, 6) is -1.71. The highest BCUT2D eigenvalue weighted by Crippen LogP contribution is 2.48. The highest BCUT2D eigenvalue weighted by atomic mass is 35.5. The van der Waals surface area contributed by atoms with E-state index in [1.807, 2.05) is 39.8 Å². The smallest absolute Gasteiger partial charge is 0.301 e. The first kappa shape index (κ1) is 28.4. The Morgan fingerprint density at radius 3 is 2.20 bits per heavy atom. The molecule has 190 valence electrons. The first-order valence-corrected chi connectivity index (χ1v) is 12.3. The van der Waals surface area contributed by atoms with E-state index in [1.165, 1.54) is 12.1 Å². The van der Waals surface area contributed by atoms with E-state index in [-0.39, 0.29) is 17.2 Å². The maximum absolute atomic E-state index is 14.8. The van der Waals surface area contributed by atoms with E-state index in [0.717, 1.165) is 17.6 Å². The molecular weight excluding hydrogens is 469 g/mol. The summed E-state index contributed by atoms with van der Waals surface area (Å²) in [6.07, 6.45) is 4.83. The van der Waals surface area contributed by atoms with Crippen LogP contribution in [0.1, 0.15) is 57.0 Å². The Labute approximate surface area is 213 Å². The maximum atomic E-state index is 14.8. The van der Waals surface area contributed by atoms with Gasteiger partial charge in [-0.3, -0.25) is 4.79 Å². The van der Waals surface area contributed by atoms with E-state index in [4.69, 9.17) is 25.8 Å². The zero-order valence-electron chi connectivity index (χ0n) is 21.2. The van der Waals surface area contributed by atoms with Crippen molar-refractivity contribution in [1.82, 2.24) is 4.90 Å². The van der Waals surface area contributed by atoms with Crippen molar-refractivity contribution in [1.29, 1.82) is 0 Å². The summed E-state index contributed by atoms with van der Waals surface area (Å²) in [5.41, 5.74) is 1.46. The number of amides is 1. The van der Waals surface area contributed by atoms with Crippen molar-refractivity contribution >= 4 is 17.5 Å². The van der Waals surface area contributed by atoms with Gasteiger partial charge in [-0.05, 0) is 50.6 Å². The van der Waals surface area contributed by atoms with E-state index >= 15 is 0 Å². The fraction of sp³-hybridized carbons (Fsp3) is 0.393. The summed E-state index contributed by atoms with van der Waals surface area (Å²) in [5, 5.41) is 0.585. The minimum absolute atomic E-state index is 0.0423. The standard InChI is InChI=1S/C22H21ClFNO4.C4H8.C2H6/c1-3-14(2)22(15-4-6-16(23)7-5-15)28-19-12-17(18(24)13-20(19)29-22)21(26)25-8-10-27-11-9-25;1-3-4-2;1-2/h3-7,12-13H,8-11H2,1-2H3;3H,1,4H2,2H3;1-2H3/b14-3+;;. The lowest BCUT2D eigenvalue weighted by atomic mass is 9.98. The number of carbonyl (C=O) groups is 1. The lowest BCUT2D eigenvalue weighted by Crippen LogP contribution is -2.41. The van der Waals surface area contributed by atoms with Crippen LogP contribution in [0.25, 0.3) is 0 Å². The van der Waals surface area contributed by atoms with Crippen molar-refractivity contribution < 1.29 is 23.4 Å². The Bertz CT molecular complexity index is 1030. The van der Waals surface area contributed by atoms with Gasteiger partial charge in [0.2, 0.25) is 0 Å². The number of hydrogen-bond donors (Lipinski definition) is 0. The minimum atomic E-state index is -1.24. The number of morpholine rings is 1. The molecule has 2 aromatic carbocycles. The molecule has 1 saturated heterocycles. The van der Waals surface area contributed by atoms with Gasteiger partial charge < -0.3 is 19.1 Å². The molecule has 5 nitrogen and oxygen atoms in total. The number of fused-ring (bicyclic) bond motifs is 1. The summed E-state index contributed by atoms with van der Waals surface area (Å²) in [6, 6.07) is 9.72. The van der Waals surface area contributed by atoms with E-state index in [0.29, 0.717) is 37.1 Å². The molecule has 1 amide bonds. The SMILES string of the molecule is C/C=C(\C)C1(c2ccc(Cl)cc2)Oc2cc(F)c(C(=O)N3CCOCC3)cc2O1.C=CCC.CC. The normalized spacial score (nSPS) is 18.6. The topological polar surface area (TPSA) is 48.0 Å². The van der Waals surface area contributed by atoms with Gasteiger partial charge in [-0.25, -0.2) is 4.39 Å². The highest BCUT2D eigenvalue weighted by molar-refractivity contribution is 6.30. The highest BCUT2D eigenvalue weighted by Gasteiger charge is 2.46. The molecule has 0 aliphatic carbocycles. The van der Waals surface area contributed by atoms with Crippen LogP contribution in [-0.4, -0.2) is 37.1 Å². The second kappa shape index (κ2) is 13.3. The maximum Gasteiger partial charge on any atom is 0.301 e. The molecule has 2 heterocycles. The summed E-state index contributed by atoms with van der Waals surface area (Å²) in [4.78, 5) is 14.4. The number of ether oxygens (including phenoxy) is 3. The Morgan fingerprint density at radius 1 is 1.14 bits per heavy atom. The number of halogens is 2. The largest absolute Gasteiger partial charge is 0.441 e. The van der Waals surface area contributed by atoms with E-state index in [9.17, 15) is 9.18 Å². The quantitative estimate of drug-likeness (QED) is 0.415. The number of hydrogen-bond acceptors (Lipinski definition) is 4. The lowest BCUT2D eigenvalue weighted by molar-refractivity contribution is -0.0500. The van der Waals surface area contributed by atoms with Gasteiger partial charge in [-0.2, -0.15) is 0 Å². The Morgan fingerprint density at radius 2 is 1.69 bits per heavy atom. The van der Waals surface area contributed by atoms with Crippen molar-refractivity contribution in [2.45, 2.75) is 46.8 Å². The van der Waals surface area contributed by atoms with Gasteiger partial charge in [-0.15, -0.1) is 6.58 Å². The molecule has 0 bridgehead atoms. The van der Waals surface area contributed by atoms with Crippen LogP contribution in [0.15, 0.2) is 60.7 Å². The average molecular weight is 504 g/mol. The molecule has 1 atom stereocenters. The van der Waals surface area contributed by atoms with Crippen molar-refractivity contribution in [3.63, 3.8) is 0 Å². The van der Waals surface area contributed by atoms with Gasteiger partial charge in [0.25, 0.3) is 5.91 Å². The Balaban J connectivity index is 0.000000655. The van der Waals surface area contributed by atoms with Crippen molar-refractivity contribution in [2.24, 2.45) is 0 Å². The molecule has 0 saturated carbocycles. The number of allylic oxidation sites excluding steroid dienone is 2. The van der Waals surface area contributed by atoms with E-state index in [2.05, 4.69) is 13.5 Å². The molecule has 0 N–H and O–H groups in total. The molecular formula is C28H35ClFNO4. The van der Waals surface area contributed by atoms with E-state index < -0.39 is 11.6 Å². The van der Waals surface area contributed by atoms with Gasteiger partial charge in [0.15, 0.2) is 11.5 Å². The fourth-order valence-electron chi connectivity index (χ4n) is 3.49. The van der Waals surface area contributed by atoms with Gasteiger partial charge in [-0.1, -0.05) is 44.5 Å². The number of nitrogens with zero attached hydrogens (tertiary/aromatic N) is 1. The van der Waals surface area contributed by atoms with Crippen LogP contribution in [0.2, 0.25) is 5.02 Å². The summed E-state index contributed by atoms with van der Waals surface area (Å²) in [7, 11) is 0. The van der Waals surface area contributed by atoms with Gasteiger partial charge in [0.05, 0.1) is 18.8 Å². The molecule has 35 heavy (non-hydrogen) atoms. The zero-order valence-corrected chi connectivity index (χ0v) is 22.0. The van der Waals surface area contributed by atoms with Gasteiger partial charge in [0.1, 0.15) is 5.82 Å². The predicted molar refractivity (Wildman–Crippen MR) is 139 cm³/mol. The number of carbonyl (C=O) groups excluding carboxylic acids is 1. The minimum Gasteiger partial charge on any atom is -0.441 e. The van der Waals surface area contributed by atoms with Crippen LogP contribution < -0.4 is 9.47 Å². The summed E-state index contributed by atoms with van der Waals surface area (Å²) < 4.78 is 32.4. The molecule has 2 aromatic rings. The molecule has 4 rings (SSSR count). The second-order valence-corrected chi connectivity index (χ2v) is 8.12. The van der Waals surface area contributed by atoms with E-state index in [1.54, 1.807) is 29.2 Å². The average Bonchev–Trinajstić information content (AvgIpc) is 3.28. The number of benzene rings is 2. The first-order chi connectivity index (χ1) is 16.9. The van der Waals surface area contributed by atoms with Crippen LogP contribution in [-0.2, 0) is 10.5 Å². The van der Waals surface area contributed by atoms with Gasteiger partial charge in [0, 0.05) is 35.3 Å². The zero-order chi connectivity index (χ0) is 26.0. The van der Waals surface area contributed by atoms with Crippen molar-refractivity contribution in [2.75, 3.05) is 26.3 Å². The third kappa shape index (κ3) is 6.44. The monoisotopic (exact) mass is 503 g/mol. The molecule has 2 aliphatic rings. The fourth-order valence-corrected chi connectivity index (χ4v) is 3.62. The van der Waals surface area contributed by atoms with Crippen LogP contribution >= 0.6 is 11.6 Å². The first-order valence-electron chi connectivity index (χ1n) is 11.9. The van der Waals surface area contributed by atoms with Crippen molar-refractivity contribution in [3.05, 3.63) is 82.7 Å². The second-order valence-electron chi connectivity index (χ2n) is 7.68. The molecule has 1 unspecified atom stereocenters. The lowest BCUT2D eigenvalue weighted by Gasteiger charge is -2.29. The van der Waals surface area contributed by atoms with Gasteiger partial charge >= 0.3 is 5.79 Å². The third-order valence-corrected chi connectivity index (χ3v) is 5.79. The molecule has 7 heteroatoms.